The summed E-state index contributed by atoms with van der Waals surface area (Å²) in [7, 11) is 0. The lowest BCUT2D eigenvalue weighted by molar-refractivity contribution is 0.0773. The van der Waals surface area contributed by atoms with E-state index in [-0.39, 0.29) is 5.91 Å². The summed E-state index contributed by atoms with van der Waals surface area (Å²) in [6.45, 7) is 6.98. The monoisotopic (exact) mass is 398 g/mol. The van der Waals surface area contributed by atoms with Crippen molar-refractivity contribution in [1.29, 1.82) is 0 Å². The second-order valence-corrected chi connectivity index (χ2v) is 6.99. The van der Waals surface area contributed by atoms with Crippen molar-refractivity contribution in [1.82, 2.24) is 4.90 Å². The van der Waals surface area contributed by atoms with Crippen molar-refractivity contribution < 1.29 is 14.0 Å². The van der Waals surface area contributed by atoms with E-state index in [2.05, 4.69) is 15.5 Å². The fourth-order valence-corrected chi connectivity index (χ4v) is 3.56. The number of hydrogen-bond donors (Lipinski definition) is 2. The molecule has 6 nitrogen and oxygen atoms in total. The Morgan fingerprint density at radius 3 is 2.28 bits per heavy atom. The summed E-state index contributed by atoms with van der Waals surface area (Å²) in [5.74, 6) is -0.476. The Morgan fingerprint density at radius 2 is 1.66 bits per heavy atom. The average molecular weight is 398 g/mol. The zero-order valence-corrected chi connectivity index (χ0v) is 16.9. The van der Waals surface area contributed by atoms with Crippen molar-refractivity contribution in [3.63, 3.8) is 0 Å². The van der Waals surface area contributed by atoms with Gasteiger partial charge in [0.2, 0.25) is 0 Å². The van der Waals surface area contributed by atoms with Gasteiger partial charge in [-0.25, -0.2) is 9.18 Å². The molecule has 154 valence electrons. The van der Waals surface area contributed by atoms with Crippen LogP contribution in [0, 0.1) is 5.82 Å². The molecule has 0 aliphatic carbocycles. The molecule has 0 spiro atoms. The fraction of sp³-hybridized carbons (Fsp3) is 0.364. The molecule has 1 aliphatic rings. The standard InChI is InChI=1S/C22H27FN4O2/c1-3-26(4-2)21(28)19-15-18(10-11-20(19)27-12-5-6-13-27)25-22(29)24-17-9-7-8-16(23)14-17/h7-11,14-15H,3-6,12-13H2,1-2H3,(H2,24,25,29). The molecular formula is C22H27FN4O2. The highest BCUT2D eigenvalue weighted by Gasteiger charge is 2.23. The Kier molecular flexibility index (Phi) is 6.69. The molecule has 29 heavy (non-hydrogen) atoms. The lowest BCUT2D eigenvalue weighted by Crippen LogP contribution is -2.32. The van der Waals surface area contributed by atoms with E-state index in [1.54, 1.807) is 23.1 Å². The quantitative estimate of drug-likeness (QED) is 0.750. The molecule has 0 saturated carbocycles. The van der Waals surface area contributed by atoms with Gasteiger partial charge in [-0.1, -0.05) is 6.07 Å². The molecule has 2 aromatic rings. The third-order valence-corrected chi connectivity index (χ3v) is 5.06. The number of halogens is 1. The van der Waals surface area contributed by atoms with E-state index in [4.69, 9.17) is 0 Å². The average Bonchev–Trinajstić information content (AvgIpc) is 3.23. The number of urea groups is 1. The van der Waals surface area contributed by atoms with Crippen LogP contribution in [0.15, 0.2) is 42.5 Å². The van der Waals surface area contributed by atoms with Gasteiger partial charge in [0.05, 0.1) is 5.56 Å². The minimum atomic E-state index is -0.495. The van der Waals surface area contributed by atoms with Crippen LogP contribution in [-0.4, -0.2) is 43.0 Å². The molecule has 0 unspecified atom stereocenters. The predicted octanol–water partition coefficient (Wildman–Crippen LogP) is 4.55. The van der Waals surface area contributed by atoms with Crippen LogP contribution in [0.4, 0.5) is 26.2 Å². The zero-order valence-electron chi connectivity index (χ0n) is 16.9. The maximum atomic E-state index is 13.3. The van der Waals surface area contributed by atoms with E-state index in [9.17, 15) is 14.0 Å². The largest absolute Gasteiger partial charge is 0.371 e. The first-order chi connectivity index (χ1) is 14.0. The number of carbonyl (C=O) groups is 2. The number of carbonyl (C=O) groups excluding carboxylic acids is 2. The normalized spacial score (nSPS) is 13.3. The molecule has 1 saturated heterocycles. The molecule has 1 heterocycles. The lowest BCUT2D eigenvalue weighted by Gasteiger charge is -2.25. The Hall–Kier alpha value is -3.09. The second kappa shape index (κ2) is 9.41. The molecule has 2 aromatic carbocycles. The minimum Gasteiger partial charge on any atom is -0.371 e. The SMILES string of the molecule is CCN(CC)C(=O)c1cc(NC(=O)Nc2cccc(F)c2)ccc1N1CCCC1. The van der Waals surface area contributed by atoms with Crippen molar-refractivity contribution >= 4 is 29.0 Å². The van der Waals surface area contributed by atoms with Crippen LogP contribution in [0.2, 0.25) is 0 Å². The Bertz CT molecular complexity index is 877. The molecule has 3 rings (SSSR count). The lowest BCUT2D eigenvalue weighted by atomic mass is 10.1. The molecule has 0 bridgehead atoms. The highest BCUT2D eigenvalue weighted by Crippen LogP contribution is 2.29. The summed E-state index contributed by atoms with van der Waals surface area (Å²) >= 11 is 0. The van der Waals surface area contributed by atoms with Crippen LogP contribution in [0.5, 0.6) is 0 Å². The van der Waals surface area contributed by atoms with E-state index >= 15 is 0 Å². The van der Waals surface area contributed by atoms with Gasteiger partial charge < -0.3 is 20.4 Å². The van der Waals surface area contributed by atoms with Crippen molar-refractivity contribution in [3.05, 3.63) is 53.8 Å². The molecule has 1 aliphatic heterocycles. The zero-order chi connectivity index (χ0) is 20.8. The summed E-state index contributed by atoms with van der Waals surface area (Å²) < 4.78 is 13.3. The predicted molar refractivity (Wildman–Crippen MR) is 114 cm³/mol. The number of benzene rings is 2. The number of nitrogens with one attached hydrogen (secondary N) is 2. The van der Waals surface area contributed by atoms with Gasteiger partial charge in [0.15, 0.2) is 0 Å². The smallest absolute Gasteiger partial charge is 0.323 e. The molecule has 7 heteroatoms. The van der Waals surface area contributed by atoms with Crippen molar-refractivity contribution in [2.75, 3.05) is 41.7 Å². The van der Waals surface area contributed by atoms with Crippen LogP contribution < -0.4 is 15.5 Å². The van der Waals surface area contributed by atoms with Crippen molar-refractivity contribution in [2.24, 2.45) is 0 Å². The third kappa shape index (κ3) is 5.04. The van der Waals surface area contributed by atoms with Gasteiger partial charge in [0.1, 0.15) is 5.82 Å². The maximum absolute atomic E-state index is 13.3. The van der Waals surface area contributed by atoms with E-state index in [1.165, 1.54) is 18.2 Å². The van der Waals surface area contributed by atoms with Crippen LogP contribution in [0.25, 0.3) is 0 Å². The molecule has 2 N–H and O–H groups in total. The summed E-state index contributed by atoms with van der Waals surface area (Å²) in [6.07, 6.45) is 2.21. The summed E-state index contributed by atoms with van der Waals surface area (Å²) in [4.78, 5) is 29.4. The van der Waals surface area contributed by atoms with E-state index in [0.29, 0.717) is 30.0 Å². The number of amides is 3. The topological polar surface area (TPSA) is 64.7 Å². The van der Waals surface area contributed by atoms with Crippen molar-refractivity contribution in [3.8, 4) is 0 Å². The van der Waals surface area contributed by atoms with Crippen LogP contribution in [-0.2, 0) is 0 Å². The van der Waals surface area contributed by atoms with Gasteiger partial charge >= 0.3 is 6.03 Å². The van der Waals surface area contributed by atoms with Gasteiger partial charge in [-0.15, -0.1) is 0 Å². The molecule has 1 fully saturated rings. The van der Waals surface area contributed by atoms with Crippen molar-refractivity contribution in [2.45, 2.75) is 26.7 Å². The molecule has 3 amide bonds. The summed E-state index contributed by atoms with van der Waals surface area (Å²) in [5, 5.41) is 5.34. The number of nitrogens with zero attached hydrogens (tertiary/aromatic N) is 2. The van der Waals surface area contributed by atoms with Gasteiger partial charge in [0, 0.05) is 43.2 Å². The summed E-state index contributed by atoms with van der Waals surface area (Å²) in [5.41, 5.74) is 2.35. The first-order valence-electron chi connectivity index (χ1n) is 10.0. The number of hydrogen-bond acceptors (Lipinski definition) is 3. The second-order valence-electron chi connectivity index (χ2n) is 6.99. The Morgan fingerprint density at radius 1 is 1.00 bits per heavy atom. The van der Waals surface area contributed by atoms with E-state index in [1.807, 2.05) is 19.9 Å². The van der Waals surface area contributed by atoms with Crippen LogP contribution in [0.1, 0.15) is 37.0 Å². The Balaban J connectivity index is 1.82. The first-order valence-corrected chi connectivity index (χ1v) is 10.0. The Labute approximate surface area is 170 Å². The van der Waals surface area contributed by atoms with Gasteiger partial charge in [-0.2, -0.15) is 0 Å². The van der Waals surface area contributed by atoms with E-state index < -0.39 is 11.8 Å². The molecule has 0 aromatic heterocycles. The molecule has 0 radical (unpaired) electrons. The minimum absolute atomic E-state index is 0.0499. The summed E-state index contributed by atoms with van der Waals surface area (Å²) in [6, 6.07) is 10.6. The first kappa shape index (κ1) is 20.6. The molecular weight excluding hydrogens is 371 g/mol. The fourth-order valence-electron chi connectivity index (χ4n) is 3.56. The molecule has 0 atom stereocenters. The van der Waals surface area contributed by atoms with Gasteiger partial charge in [-0.05, 0) is 63.1 Å². The maximum Gasteiger partial charge on any atom is 0.323 e. The van der Waals surface area contributed by atoms with E-state index in [0.717, 1.165) is 31.6 Å². The van der Waals surface area contributed by atoms with Gasteiger partial charge in [-0.3, -0.25) is 4.79 Å². The number of rotatable bonds is 6. The van der Waals surface area contributed by atoms with Gasteiger partial charge in [0.25, 0.3) is 5.91 Å². The highest BCUT2D eigenvalue weighted by molar-refractivity contribution is 6.04. The third-order valence-electron chi connectivity index (χ3n) is 5.06. The number of anilines is 3. The van der Waals surface area contributed by atoms with Crippen LogP contribution in [0.3, 0.4) is 0 Å². The highest BCUT2D eigenvalue weighted by atomic mass is 19.1. The van der Waals surface area contributed by atoms with Crippen LogP contribution >= 0.6 is 0 Å².